The standard InChI is InChI=1S/C19H12O4/c20-18-14-8-4-7-13-16(22-11-12-5-2-1-3-6-12)10-9-15(17(13)14)19(21)23-18/h1-10H,11H2. The fraction of sp³-hybridized carbons (Fsp3) is 0.0526. The van der Waals surface area contributed by atoms with Crippen LogP contribution in [0.25, 0.3) is 10.8 Å². The number of carbonyl (C=O) groups is 2. The third-order valence-corrected chi connectivity index (χ3v) is 3.86. The molecule has 4 nitrogen and oxygen atoms in total. The molecule has 1 aliphatic heterocycles. The monoisotopic (exact) mass is 304 g/mol. The maximum Gasteiger partial charge on any atom is 0.346 e. The van der Waals surface area contributed by atoms with Crippen molar-refractivity contribution in [2.45, 2.75) is 6.61 Å². The Balaban J connectivity index is 1.80. The molecule has 0 spiro atoms. The molecule has 0 atom stereocenters. The number of rotatable bonds is 3. The van der Waals surface area contributed by atoms with Crippen molar-refractivity contribution in [1.29, 1.82) is 0 Å². The van der Waals surface area contributed by atoms with Gasteiger partial charge < -0.3 is 9.47 Å². The largest absolute Gasteiger partial charge is 0.488 e. The Morgan fingerprint density at radius 1 is 0.783 bits per heavy atom. The van der Waals surface area contributed by atoms with Gasteiger partial charge in [-0.2, -0.15) is 0 Å². The average molecular weight is 304 g/mol. The van der Waals surface area contributed by atoms with Crippen molar-refractivity contribution in [2.75, 3.05) is 0 Å². The van der Waals surface area contributed by atoms with E-state index in [1.165, 1.54) is 0 Å². The Hall–Kier alpha value is -3.14. The second-order valence-corrected chi connectivity index (χ2v) is 5.29. The van der Waals surface area contributed by atoms with Crippen molar-refractivity contribution in [2.24, 2.45) is 0 Å². The first-order chi connectivity index (χ1) is 11.2. The molecule has 0 unspecified atom stereocenters. The smallest absolute Gasteiger partial charge is 0.346 e. The number of hydrogen-bond acceptors (Lipinski definition) is 4. The summed E-state index contributed by atoms with van der Waals surface area (Å²) in [6.45, 7) is 0.415. The normalized spacial score (nSPS) is 13.0. The van der Waals surface area contributed by atoms with Crippen molar-refractivity contribution < 1.29 is 19.1 Å². The molecule has 0 amide bonds. The molecule has 0 bridgehead atoms. The fourth-order valence-corrected chi connectivity index (χ4v) is 2.78. The van der Waals surface area contributed by atoms with Crippen LogP contribution in [0.15, 0.2) is 60.7 Å². The van der Waals surface area contributed by atoms with Gasteiger partial charge in [-0.3, -0.25) is 0 Å². The van der Waals surface area contributed by atoms with Crippen molar-refractivity contribution >= 4 is 22.7 Å². The first kappa shape index (κ1) is 13.5. The average Bonchev–Trinajstić information content (AvgIpc) is 2.59. The number of esters is 2. The Labute approximate surface area is 132 Å². The van der Waals surface area contributed by atoms with Gasteiger partial charge in [0.25, 0.3) is 0 Å². The lowest BCUT2D eigenvalue weighted by atomic mass is 9.97. The molecule has 1 heterocycles. The number of ether oxygens (including phenoxy) is 2. The van der Waals surface area contributed by atoms with Gasteiger partial charge in [0.1, 0.15) is 12.4 Å². The summed E-state index contributed by atoms with van der Waals surface area (Å²) in [5, 5.41) is 1.33. The highest BCUT2D eigenvalue weighted by molar-refractivity contribution is 6.21. The molecular weight excluding hydrogens is 292 g/mol. The van der Waals surface area contributed by atoms with Crippen molar-refractivity contribution in [3.05, 3.63) is 77.4 Å². The van der Waals surface area contributed by atoms with Crippen LogP contribution in [0.4, 0.5) is 0 Å². The molecule has 4 rings (SSSR count). The summed E-state index contributed by atoms with van der Waals surface area (Å²) in [4.78, 5) is 23.8. The van der Waals surface area contributed by atoms with Crippen LogP contribution in [-0.2, 0) is 11.3 Å². The first-order valence-corrected chi connectivity index (χ1v) is 7.23. The van der Waals surface area contributed by atoms with E-state index in [1.807, 2.05) is 36.4 Å². The van der Waals surface area contributed by atoms with Gasteiger partial charge in [-0.1, -0.05) is 42.5 Å². The minimum atomic E-state index is -0.617. The summed E-state index contributed by atoms with van der Waals surface area (Å²) < 4.78 is 10.6. The quantitative estimate of drug-likeness (QED) is 0.546. The van der Waals surface area contributed by atoms with E-state index in [4.69, 9.17) is 9.47 Å². The van der Waals surface area contributed by atoms with E-state index < -0.39 is 11.9 Å². The third kappa shape index (κ3) is 2.25. The van der Waals surface area contributed by atoms with Crippen LogP contribution in [0.2, 0.25) is 0 Å². The Kier molecular flexibility index (Phi) is 3.08. The third-order valence-electron chi connectivity index (χ3n) is 3.86. The highest BCUT2D eigenvalue weighted by Crippen LogP contribution is 2.34. The van der Waals surface area contributed by atoms with Gasteiger partial charge in [0.05, 0.1) is 11.1 Å². The summed E-state index contributed by atoms with van der Waals surface area (Å²) in [6, 6.07) is 18.4. The minimum Gasteiger partial charge on any atom is -0.488 e. The molecule has 0 saturated heterocycles. The minimum absolute atomic E-state index is 0.391. The van der Waals surface area contributed by atoms with Gasteiger partial charge in [0.2, 0.25) is 0 Å². The second kappa shape index (κ2) is 5.25. The zero-order chi connectivity index (χ0) is 15.8. The van der Waals surface area contributed by atoms with Crippen molar-refractivity contribution in [3.63, 3.8) is 0 Å². The van der Waals surface area contributed by atoms with Gasteiger partial charge >= 0.3 is 11.9 Å². The van der Waals surface area contributed by atoms with Crippen LogP contribution in [0.1, 0.15) is 26.3 Å². The second-order valence-electron chi connectivity index (χ2n) is 5.29. The van der Waals surface area contributed by atoms with Gasteiger partial charge in [0, 0.05) is 10.8 Å². The Morgan fingerprint density at radius 3 is 2.30 bits per heavy atom. The molecule has 0 aliphatic carbocycles. The number of benzene rings is 3. The van der Waals surface area contributed by atoms with E-state index in [2.05, 4.69) is 0 Å². The molecule has 0 fully saturated rings. The van der Waals surface area contributed by atoms with E-state index in [-0.39, 0.29) is 0 Å². The van der Waals surface area contributed by atoms with E-state index in [9.17, 15) is 9.59 Å². The lowest BCUT2D eigenvalue weighted by Crippen LogP contribution is -2.19. The van der Waals surface area contributed by atoms with E-state index in [1.54, 1.807) is 24.3 Å². The maximum atomic E-state index is 11.9. The van der Waals surface area contributed by atoms with Crippen LogP contribution < -0.4 is 4.74 Å². The molecule has 0 aromatic heterocycles. The van der Waals surface area contributed by atoms with Crippen molar-refractivity contribution in [3.8, 4) is 5.75 Å². The lowest BCUT2D eigenvalue weighted by Gasteiger charge is -2.17. The molecule has 0 radical (unpaired) electrons. The highest BCUT2D eigenvalue weighted by Gasteiger charge is 2.28. The lowest BCUT2D eigenvalue weighted by molar-refractivity contribution is 0.0391. The zero-order valence-electron chi connectivity index (χ0n) is 12.1. The Bertz CT molecular complexity index is 909. The number of cyclic esters (lactones) is 2. The predicted octanol–water partition coefficient (Wildman–Crippen LogP) is 3.73. The molecule has 4 heteroatoms. The van der Waals surface area contributed by atoms with Gasteiger partial charge in [0.15, 0.2) is 0 Å². The molecule has 1 aliphatic rings. The summed E-state index contributed by atoms with van der Waals surface area (Å²) in [7, 11) is 0. The summed E-state index contributed by atoms with van der Waals surface area (Å²) in [5.74, 6) is -0.599. The first-order valence-electron chi connectivity index (χ1n) is 7.23. The molecule has 3 aromatic rings. The van der Waals surface area contributed by atoms with Crippen LogP contribution in [0.3, 0.4) is 0 Å². The van der Waals surface area contributed by atoms with Gasteiger partial charge in [-0.05, 0) is 23.8 Å². The maximum absolute atomic E-state index is 11.9. The summed E-state index contributed by atoms with van der Waals surface area (Å²) >= 11 is 0. The SMILES string of the molecule is O=C1OC(=O)c2ccc(OCc3ccccc3)c3cccc1c23. The molecule has 112 valence electrons. The van der Waals surface area contributed by atoms with Gasteiger partial charge in [-0.15, -0.1) is 0 Å². The molecule has 3 aromatic carbocycles. The van der Waals surface area contributed by atoms with E-state index in [0.29, 0.717) is 28.9 Å². The van der Waals surface area contributed by atoms with Gasteiger partial charge in [-0.25, -0.2) is 9.59 Å². The molecular formula is C19H12O4. The van der Waals surface area contributed by atoms with Crippen LogP contribution >= 0.6 is 0 Å². The number of hydrogen-bond donors (Lipinski definition) is 0. The van der Waals surface area contributed by atoms with Crippen LogP contribution in [0.5, 0.6) is 5.75 Å². The molecule has 23 heavy (non-hydrogen) atoms. The number of carbonyl (C=O) groups excluding carboxylic acids is 2. The predicted molar refractivity (Wildman–Crippen MR) is 84.5 cm³/mol. The zero-order valence-corrected chi connectivity index (χ0v) is 12.1. The Morgan fingerprint density at radius 2 is 1.52 bits per heavy atom. The summed E-state index contributed by atoms with van der Waals surface area (Å²) in [6.07, 6.45) is 0. The van der Waals surface area contributed by atoms with Crippen molar-refractivity contribution in [1.82, 2.24) is 0 Å². The van der Waals surface area contributed by atoms with Crippen LogP contribution in [-0.4, -0.2) is 11.9 Å². The molecule has 0 N–H and O–H groups in total. The van der Waals surface area contributed by atoms with E-state index >= 15 is 0 Å². The summed E-state index contributed by atoms with van der Waals surface area (Å²) in [5.41, 5.74) is 1.83. The molecule has 0 saturated carbocycles. The fourth-order valence-electron chi connectivity index (χ4n) is 2.78. The van der Waals surface area contributed by atoms with Crippen LogP contribution in [0, 0.1) is 0 Å². The topological polar surface area (TPSA) is 52.6 Å². The highest BCUT2D eigenvalue weighted by atomic mass is 16.6. The van der Waals surface area contributed by atoms with E-state index in [0.717, 1.165) is 10.9 Å².